The van der Waals surface area contributed by atoms with Gasteiger partial charge in [-0.15, -0.1) is 0 Å². The molecular weight excluding hydrogens is 663 g/mol. The fraction of sp³-hybridized carbons (Fsp3) is 0. The number of benzene rings is 8. The minimum Gasteiger partial charge on any atom is -0.454 e. The molecule has 12 rings (SSSR count). The van der Waals surface area contributed by atoms with Gasteiger partial charge in [-0.2, -0.15) is 5.26 Å². The van der Waals surface area contributed by atoms with Crippen molar-refractivity contribution in [1.82, 2.24) is 9.13 Å². The first-order valence-corrected chi connectivity index (χ1v) is 18.1. The Balaban J connectivity index is 1.11. The van der Waals surface area contributed by atoms with Gasteiger partial charge >= 0.3 is 0 Å². The fourth-order valence-electron chi connectivity index (χ4n) is 8.79. The van der Waals surface area contributed by atoms with Gasteiger partial charge in [0, 0.05) is 54.5 Å². The summed E-state index contributed by atoms with van der Waals surface area (Å²) >= 11 is 0. The van der Waals surface area contributed by atoms with E-state index in [2.05, 4.69) is 137 Å². The highest BCUT2D eigenvalue weighted by molar-refractivity contribution is 6.23. The van der Waals surface area contributed by atoms with E-state index < -0.39 is 0 Å². The molecule has 0 radical (unpaired) electrons. The standard InChI is InChI=1S/C49H27N3O2/c50-28-29-24-31(27-33(25-29)52-43-17-6-2-13-35(43)39-21-23-41-37-15-4-8-19-45(37)54-49(41)47(39)52)30-10-9-11-32(26-30)51-42-16-5-1-12-34(42)38-20-22-40-36-14-3-7-18-44(36)53-48(40)46(38)51/h1-27H. The van der Waals surface area contributed by atoms with Crippen LogP contribution in [0.3, 0.4) is 0 Å². The summed E-state index contributed by atoms with van der Waals surface area (Å²) in [5.41, 5.74) is 12.0. The van der Waals surface area contributed by atoms with Crippen LogP contribution >= 0.6 is 0 Å². The predicted molar refractivity (Wildman–Crippen MR) is 220 cm³/mol. The van der Waals surface area contributed by atoms with Crippen LogP contribution in [-0.2, 0) is 0 Å². The first-order valence-electron chi connectivity index (χ1n) is 18.1. The molecule has 0 unspecified atom stereocenters. The zero-order chi connectivity index (χ0) is 35.5. The SMILES string of the molecule is N#Cc1cc(-c2cccc(-n3c4ccccc4c4ccc5c6ccccc6oc5c43)c2)cc(-n2c3ccccc3c3ccc4c5ccccc5oc4c32)c1. The summed E-state index contributed by atoms with van der Waals surface area (Å²) < 4.78 is 17.8. The van der Waals surface area contributed by atoms with Gasteiger partial charge in [0.1, 0.15) is 11.2 Å². The van der Waals surface area contributed by atoms with Crippen LogP contribution in [0, 0.1) is 11.3 Å². The van der Waals surface area contributed by atoms with E-state index in [-0.39, 0.29) is 0 Å². The maximum Gasteiger partial charge on any atom is 0.160 e. The topological polar surface area (TPSA) is 59.9 Å². The summed E-state index contributed by atoms with van der Waals surface area (Å²) in [6, 6.07) is 59.4. The highest BCUT2D eigenvalue weighted by Gasteiger charge is 2.21. The van der Waals surface area contributed by atoms with Crippen LogP contribution in [0.4, 0.5) is 0 Å². The van der Waals surface area contributed by atoms with Crippen molar-refractivity contribution in [2.24, 2.45) is 0 Å². The van der Waals surface area contributed by atoms with Gasteiger partial charge in [0.2, 0.25) is 0 Å². The lowest BCUT2D eigenvalue weighted by Crippen LogP contribution is -1.97. The molecule has 0 aliphatic carbocycles. The average Bonchev–Trinajstić information content (AvgIpc) is 3.98. The minimum absolute atomic E-state index is 0.580. The molecule has 0 atom stereocenters. The second-order valence-corrected chi connectivity index (χ2v) is 14.0. The molecule has 0 aliphatic heterocycles. The Morgan fingerprint density at radius 1 is 0.389 bits per heavy atom. The van der Waals surface area contributed by atoms with Gasteiger partial charge in [-0.1, -0.05) is 97.1 Å². The van der Waals surface area contributed by atoms with E-state index in [1.807, 2.05) is 42.5 Å². The molecule has 54 heavy (non-hydrogen) atoms. The number of nitriles is 1. The molecule has 12 aromatic rings. The second-order valence-electron chi connectivity index (χ2n) is 14.0. The second kappa shape index (κ2) is 10.7. The third kappa shape index (κ3) is 3.91. The van der Waals surface area contributed by atoms with Crippen LogP contribution in [0.1, 0.15) is 5.56 Å². The van der Waals surface area contributed by atoms with Crippen molar-refractivity contribution >= 4 is 87.5 Å². The molecule has 0 spiro atoms. The fourth-order valence-corrected chi connectivity index (χ4v) is 8.79. The highest BCUT2D eigenvalue weighted by Crippen LogP contribution is 2.43. The average molecular weight is 690 g/mol. The van der Waals surface area contributed by atoms with Crippen LogP contribution in [0.2, 0.25) is 0 Å². The van der Waals surface area contributed by atoms with Gasteiger partial charge in [-0.3, -0.25) is 0 Å². The lowest BCUT2D eigenvalue weighted by molar-refractivity contribution is 0.670. The Morgan fingerprint density at radius 2 is 0.889 bits per heavy atom. The molecule has 4 heterocycles. The molecule has 5 heteroatoms. The molecular formula is C49H27N3O2. The number of fused-ring (bicyclic) bond motifs is 14. The predicted octanol–water partition coefficient (Wildman–Crippen LogP) is 13.2. The largest absolute Gasteiger partial charge is 0.454 e. The number of nitrogens with zero attached hydrogens (tertiary/aromatic N) is 3. The molecule has 8 aromatic carbocycles. The van der Waals surface area contributed by atoms with Gasteiger partial charge in [-0.05, 0) is 77.9 Å². The Hall–Kier alpha value is -7.55. The quantitative estimate of drug-likeness (QED) is 0.185. The lowest BCUT2D eigenvalue weighted by atomic mass is 10.0. The zero-order valence-corrected chi connectivity index (χ0v) is 28.7. The van der Waals surface area contributed by atoms with Crippen LogP contribution < -0.4 is 0 Å². The van der Waals surface area contributed by atoms with E-state index in [0.29, 0.717) is 5.56 Å². The van der Waals surface area contributed by atoms with E-state index in [1.54, 1.807) is 0 Å². The lowest BCUT2D eigenvalue weighted by Gasteiger charge is -2.13. The molecule has 4 aromatic heterocycles. The smallest absolute Gasteiger partial charge is 0.160 e. The summed E-state index contributed by atoms with van der Waals surface area (Å²) in [6.07, 6.45) is 0. The number of hydrogen-bond acceptors (Lipinski definition) is 3. The molecule has 0 aliphatic rings. The first kappa shape index (κ1) is 29.1. The van der Waals surface area contributed by atoms with Gasteiger partial charge in [0.25, 0.3) is 0 Å². The third-order valence-electron chi connectivity index (χ3n) is 11.1. The Morgan fingerprint density at radius 3 is 1.48 bits per heavy atom. The van der Waals surface area contributed by atoms with Crippen LogP contribution in [0.25, 0.3) is 110 Å². The molecule has 0 amide bonds. The summed E-state index contributed by atoms with van der Waals surface area (Å²) in [4.78, 5) is 0. The molecule has 250 valence electrons. The van der Waals surface area contributed by atoms with Crippen LogP contribution in [-0.4, -0.2) is 9.13 Å². The van der Waals surface area contributed by atoms with Crippen molar-refractivity contribution in [3.63, 3.8) is 0 Å². The molecule has 0 saturated heterocycles. The molecule has 0 fully saturated rings. The number of rotatable bonds is 3. The van der Waals surface area contributed by atoms with Crippen molar-refractivity contribution in [1.29, 1.82) is 5.26 Å². The molecule has 5 nitrogen and oxygen atoms in total. The van der Waals surface area contributed by atoms with E-state index >= 15 is 0 Å². The summed E-state index contributed by atoms with van der Waals surface area (Å²) in [6.45, 7) is 0. The zero-order valence-electron chi connectivity index (χ0n) is 28.7. The van der Waals surface area contributed by atoms with E-state index in [9.17, 15) is 5.26 Å². The highest BCUT2D eigenvalue weighted by atomic mass is 16.3. The van der Waals surface area contributed by atoms with Crippen LogP contribution in [0.5, 0.6) is 0 Å². The van der Waals surface area contributed by atoms with Crippen molar-refractivity contribution < 1.29 is 8.83 Å². The summed E-state index contributed by atoms with van der Waals surface area (Å²) in [5, 5.41) is 19.3. The first-order chi connectivity index (χ1) is 26.7. The normalized spacial score (nSPS) is 12.1. The van der Waals surface area contributed by atoms with Gasteiger partial charge in [-0.25, -0.2) is 0 Å². The maximum absolute atomic E-state index is 10.4. The Bertz CT molecular complexity index is 3590. The number of para-hydroxylation sites is 4. The van der Waals surface area contributed by atoms with E-state index in [4.69, 9.17) is 8.83 Å². The van der Waals surface area contributed by atoms with Gasteiger partial charge in [0.05, 0.1) is 33.7 Å². The number of hydrogen-bond donors (Lipinski definition) is 0. The van der Waals surface area contributed by atoms with Crippen LogP contribution in [0.15, 0.2) is 173 Å². The molecule has 0 N–H and O–H groups in total. The number of furan rings is 2. The maximum atomic E-state index is 10.4. The Kier molecular flexibility index (Phi) is 5.78. The monoisotopic (exact) mass is 689 g/mol. The van der Waals surface area contributed by atoms with Gasteiger partial charge in [0.15, 0.2) is 11.2 Å². The van der Waals surface area contributed by atoms with E-state index in [0.717, 1.165) is 110 Å². The summed E-state index contributed by atoms with van der Waals surface area (Å²) in [7, 11) is 0. The van der Waals surface area contributed by atoms with Crippen molar-refractivity contribution in [3.8, 4) is 28.6 Å². The third-order valence-corrected chi connectivity index (χ3v) is 11.1. The molecule has 0 bridgehead atoms. The van der Waals surface area contributed by atoms with Crippen molar-refractivity contribution in [2.45, 2.75) is 0 Å². The van der Waals surface area contributed by atoms with Crippen molar-refractivity contribution in [2.75, 3.05) is 0 Å². The van der Waals surface area contributed by atoms with Gasteiger partial charge < -0.3 is 18.0 Å². The number of aromatic nitrogens is 2. The summed E-state index contributed by atoms with van der Waals surface area (Å²) in [5.74, 6) is 0. The minimum atomic E-state index is 0.580. The molecule has 0 saturated carbocycles. The van der Waals surface area contributed by atoms with E-state index in [1.165, 1.54) is 0 Å². The van der Waals surface area contributed by atoms with Crippen molar-refractivity contribution in [3.05, 3.63) is 169 Å². The Labute approximate surface area is 307 Å².